The van der Waals surface area contributed by atoms with Crippen LogP contribution in [0.5, 0.6) is 0 Å². The maximum atomic E-state index is 8.99. The number of thioether (sulfide) groups is 1. The highest BCUT2D eigenvalue weighted by Crippen LogP contribution is 2.37. The van der Waals surface area contributed by atoms with Crippen LogP contribution in [0.3, 0.4) is 0 Å². The highest BCUT2D eigenvalue weighted by molar-refractivity contribution is 8.00. The molecule has 1 heterocycles. The lowest BCUT2D eigenvalue weighted by Gasteiger charge is -1.94. The van der Waals surface area contributed by atoms with Gasteiger partial charge in [0.15, 0.2) is 0 Å². The van der Waals surface area contributed by atoms with Crippen LogP contribution in [-0.2, 0) is 0 Å². The molecule has 3 heteroatoms. The summed E-state index contributed by atoms with van der Waals surface area (Å²) in [6.07, 6.45) is 2.07. The second kappa shape index (κ2) is 3.64. The van der Waals surface area contributed by atoms with Crippen molar-refractivity contribution in [1.82, 2.24) is 0 Å². The highest BCUT2D eigenvalue weighted by Gasteiger charge is 2.10. The van der Waals surface area contributed by atoms with Crippen LogP contribution < -0.4 is 0 Å². The van der Waals surface area contributed by atoms with E-state index in [4.69, 9.17) is 5.26 Å². The number of hydrogen-bond donors (Lipinski definition) is 0. The molecule has 14 heavy (non-hydrogen) atoms. The van der Waals surface area contributed by atoms with E-state index in [0.717, 1.165) is 10.9 Å². The van der Waals surface area contributed by atoms with E-state index < -0.39 is 0 Å². The van der Waals surface area contributed by atoms with Crippen LogP contribution in [0, 0.1) is 18.3 Å². The molecule has 0 unspecified atom stereocenters. The van der Waals surface area contributed by atoms with E-state index in [9.17, 15) is 0 Å². The third-order valence-electron chi connectivity index (χ3n) is 2.22. The van der Waals surface area contributed by atoms with Crippen molar-refractivity contribution in [3.05, 3.63) is 29.3 Å². The molecular formula is C11H9NS2. The van der Waals surface area contributed by atoms with Gasteiger partial charge >= 0.3 is 0 Å². The molecule has 0 atom stereocenters. The number of aryl methyl sites for hydroxylation is 1. The Kier molecular flexibility index (Phi) is 2.49. The van der Waals surface area contributed by atoms with Gasteiger partial charge in [0, 0.05) is 10.1 Å². The van der Waals surface area contributed by atoms with Gasteiger partial charge in [-0.2, -0.15) is 5.26 Å². The molecule has 2 aromatic rings. The SMILES string of the molecule is CSc1sc2cccc(C#N)c2c1C. The predicted molar refractivity (Wildman–Crippen MR) is 63.1 cm³/mol. The van der Waals surface area contributed by atoms with Crippen LogP contribution in [0.2, 0.25) is 0 Å². The summed E-state index contributed by atoms with van der Waals surface area (Å²) in [4.78, 5) is 0. The first kappa shape index (κ1) is 9.57. The van der Waals surface area contributed by atoms with Crippen molar-refractivity contribution in [1.29, 1.82) is 5.26 Å². The first-order valence-electron chi connectivity index (χ1n) is 4.24. The maximum absolute atomic E-state index is 8.99. The number of rotatable bonds is 1. The fraction of sp³-hybridized carbons (Fsp3) is 0.182. The minimum Gasteiger partial charge on any atom is -0.192 e. The van der Waals surface area contributed by atoms with Gasteiger partial charge in [0.2, 0.25) is 0 Å². The van der Waals surface area contributed by atoms with Crippen molar-refractivity contribution in [2.45, 2.75) is 11.1 Å². The molecule has 0 amide bonds. The lowest BCUT2D eigenvalue weighted by atomic mass is 10.1. The molecule has 2 rings (SSSR count). The van der Waals surface area contributed by atoms with Gasteiger partial charge in [-0.3, -0.25) is 0 Å². The minimum atomic E-state index is 0.788. The largest absolute Gasteiger partial charge is 0.192 e. The highest BCUT2D eigenvalue weighted by atomic mass is 32.2. The van der Waals surface area contributed by atoms with Gasteiger partial charge in [0.05, 0.1) is 15.8 Å². The number of benzene rings is 1. The molecule has 1 aromatic carbocycles. The van der Waals surface area contributed by atoms with E-state index in [2.05, 4.69) is 25.3 Å². The normalized spacial score (nSPS) is 10.4. The summed E-state index contributed by atoms with van der Waals surface area (Å²) in [5.74, 6) is 0. The molecule has 0 radical (unpaired) electrons. The molecule has 0 fully saturated rings. The van der Waals surface area contributed by atoms with Gasteiger partial charge in [-0.15, -0.1) is 23.1 Å². The van der Waals surface area contributed by atoms with Crippen LogP contribution >= 0.6 is 23.1 Å². The second-order valence-electron chi connectivity index (χ2n) is 3.01. The third-order valence-corrected chi connectivity index (χ3v) is 4.69. The van der Waals surface area contributed by atoms with E-state index in [1.165, 1.54) is 14.5 Å². The van der Waals surface area contributed by atoms with Gasteiger partial charge in [0.25, 0.3) is 0 Å². The van der Waals surface area contributed by atoms with Gasteiger partial charge in [-0.1, -0.05) is 6.07 Å². The Morgan fingerprint density at radius 2 is 2.21 bits per heavy atom. The third kappa shape index (κ3) is 1.31. The zero-order chi connectivity index (χ0) is 10.1. The zero-order valence-corrected chi connectivity index (χ0v) is 9.63. The van der Waals surface area contributed by atoms with Crippen LogP contribution in [-0.4, -0.2) is 6.26 Å². The molecule has 1 aromatic heterocycles. The summed E-state index contributed by atoms with van der Waals surface area (Å²) in [7, 11) is 0. The quantitative estimate of drug-likeness (QED) is 0.681. The lowest BCUT2D eigenvalue weighted by Crippen LogP contribution is -1.77. The number of nitrogens with zero attached hydrogens (tertiary/aromatic N) is 1. The molecule has 0 bridgehead atoms. The van der Waals surface area contributed by atoms with Crippen molar-refractivity contribution in [3.63, 3.8) is 0 Å². The Balaban J connectivity index is 2.87. The molecule has 0 saturated heterocycles. The van der Waals surface area contributed by atoms with Crippen molar-refractivity contribution in [2.24, 2.45) is 0 Å². The molecular weight excluding hydrogens is 210 g/mol. The lowest BCUT2D eigenvalue weighted by molar-refractivity contribution is 1.45. The van der Waals surface area contributed by atoms with E-state index in [1.54, 1.807) is 23.1 Å². The molecule has 0 aliphatic heterocycles. The summed E-state index contributed by atoms with van der Waals surface area (Å²) in [6.45, 7) is 2.09. The van der Waals surface area contributed by atoms with Gasteiger partial charge in [0.1, 0.15) is 0 Å². The average molecular weight is 219 g/mol. The van der Waals surface area contributed by atoms with Gasteiger partial charge in [-0.25, -0.2) is 0 Å². The van der Waals surface area contributed by atoms with Crippen LogP contribution in [0.4, 0.5) is 0 Å². The first-order chi connectivity index (χ1) is 6.77. The monoisotopic (exact) mass is 219 g/mol. The number of thiophene rings is 1. The summed E-state index contributed by atoms with van der Waals surface area (Å²) in [6, 6.07) is 8.15. The molecule has 0 N–H and O–H groups in total. The molecule has 0 aliphatic rings. The Morgan fingerprint density at radius 1 is 1.43 bits per heavy atom. The van der Waals surface area contributed by atoms with Crippen LogP contribution in [0.25, 0.3) is 10.1 Å². The van der Waals surface area contributed by atoms with Gasteiger partial charge in [-0.05, 0) is 30.9 Å². The second-order valence-corrected chi connectivity index (χ2v) is 5.14. The van der Waals surface area contributed by atoms with Crippen molar-refractivity contribution >= 4 is 33.2 Å². The van der Waals surface area contributed by atoms with E-state index >= 15 is 0 Å². The predicted octanol–water partition coefficient (Wildman–Crippen LogP) is 3.80. The summed E-state index contributed by atoms with van der Waals surface area (Å²) >= 11 is 3.51. The van der Waals surface area contributed by atoms with Crippen molar-refractivity contribution < 1.29 is 0 Å². The molecule has 0 saturated carbocycles. The Morgan fingerprint density at radius 3 is 2.86 bits per heavy atom. The first-order valence-corrected chi connectivity index (χ1v) is 6.28. The van der Waals surface area contributed by atoms with Crippen molar-refractivity contribution in [2.75, 3.05) is 6.26 Å². The number of hydrogen-bond acceptors (Lipinski definition) is 3. The molecule has 70 valence electrons. The topological polar surface area (TPSA) is 23.8 Å². The van der Waals surface area contributed by atoms with Gasteiger partial charge < -0.3 is 0 Å². The smallest absolute Gasteiger partial charge is 0.0998 e. The van der Waals surface area contributed by atoms with Crippen LogP contribution in [0.15, 0.2) is 22.4 Å². The Labute approximate surface area is 91.4 Å². The standard InChI is InChI=1S/C11H9NS2/c1-7-10-8(6-12)4-3-5-9(10)14-11(7)13-2/h3-5H,1-2H3. The van der Waals surface area contributed by atoms with E-state index in [0.29, 0.717) is 0 Å². The molecule has 1 nitrogen and oxygen atoms in total. The fourth-order valence-electron chi connectivity index (χ4n) is 1.57. The molecule has 0 aliphatic carbocycles. The molecule has 0 spiro atoms. The number of fused-ring (bicyclic) bond motifs is 1. The minimum absolute atomic E-state index is 0.788. The van der Waals surface area contributed by atoms with Crippen molar-refractivity contribution in [3.8, 4) is 6.07 Å². The summed E-state index contributed by atoms with van der Waals surface area (Å²) in [5, 5.41) is 10.1. The zero-order valence-electron chi connectivity index (χ0n) is 8.00. The van der Waals surface area contributed by atoms with E-state index in [1.807, 2.05) is 12.1 Å². The average Bonchev–Trinajstić information content (AvgIpc) is 2.55. The fourth-order valence-corrected chi connectivity index (χ4v) is 3.55. The Hall–Kier alpha value is -0.980. The van der Waals surface area contributed by atoms with Crippen LogP contribution in [0.1, 0.15) is 11.1 Å². The maximum Gasteiger partial charge on any atom is 0.0998 e. The summed E-state index contributed by atoms with van der Waals surface area (Å²) < 4.78 is 2.52. The Bertz CT molecular complexity index is 520. The number of nitriles is 1. The van der Waals surface area contributed by atoms with E-state index in [-0.39, 0.29) is 0 Å². The summed E-state index contributed by atoms with van der Waals surface area (Å²) in [5.41, 5.74) is 2.03.